The lowest BCUT2D eigenvalue weighted by Crippen LogP contribution is -2.07. The minimum atomic E-state index is -4.32. The Kier molecular flexibility index (Phi) is 4.78. The molecule has 0 heterocycles. The first-order chi connectivity index (χ1) is 9.88. The average molecular weight is 314 g/mol. The second-order valence-corrected chi connectivity index (χ2v) is 5.41. The molecule has 0 bridgehead atoms. The van der Waals surface area contributed by atoms with Gasteiger partial charge in [-0.25, -0.2) is 0 Å². The van der Waals surface area contributed by atoms with Gasteiger partial charge in [0.05, 0.1) is 10.9 Å². The van der Waals surface area contributed by atoms with Crippen LogP contribution in [0.1, 0.15) is 29.0 Å². The minimum absolute atomic E-state index is 0.171. The van der Waals surface area contributed by atoms with Crippen molar-refractivity contribution in [1.29, 1.82) is 0 Å². The maximum atomic E-state index is 12.7. The molecule has 1 N–H and O–H groups in total. The smallest absolute Gasteiger partial charge is 0.381 e. The van der Waals surface area contributed by atoms with E-state index in [1.807, 2.05) is 31.2 Å². The highest BCUT2D eigenvalue weighted by atomic mass is 35.5. The number of rotatable bonds is 4. The molecule has 0 aliphatic rings. The van der Waals surface area contributed by atoms with Gasteiger partial charge in [0.25, 0.3) is 0 Å². The minimum Gasteiger partial charge on any atom is -0.381 e. The average Bonchev–Trinajstić information content (AvgIpc) is 2.45. The topological polar surface area (TPSA) is 12.0 Å². The molecule has 1 atom stereocenters. The van der Waals surface area contributed by atoms with Gasteiger partial charge in [0.15, 0.2) is 0 Å². The Morgan fingerprint density at radius 3 is 2.48 bits per heavy atom. The molecule has 2 aromatic carbocycles. The van der Waals surface area contributed by atoms with Crippen molar-refractivity contribution in [3.63, 3.8) is 0 Å². The van der Waals surface area contributed by atoms with Crippen molar-refractivity contribution < 1.29 is 13.2 Å². The zero-order valence-electron chi connectivity index (χ0n) is 11.4. The van der Waals surface area contributed by atoms with Crippen molar-refractivity contribution >= 4 is 17.3 Å². The van der Waals surface area contributed by atoms with Crippen molar-refractivity contribution in [2.45, 2.75) is 25.0 Å². The van der Waals surface area contributed by atoms with Gasteiger partial charge in [-0.15, -0.1) is 11.6 Å². The lowest BCUT2D eigenvalue weighted by molar-refractivity contribution is -0.137. The fourth-order valence-corrected chi connectivity index (χ4v) is 2.25. The van der Waals surface area contributed by atoms with E-state index in [4.69, 9.17) is 11.6 Å². The van der Waals surface area contributed by atoms with Crippen LogP contribution in [-0.4, -0.2) is 0 Å². The van der Waals surface area contributed by atoms with Crippen LogP contribution in [0.4, 0.5) is 18.9 Å². The Morgan fingerprint density at radius 1 is 1.10 bits per heavy atom. The molecule has 0 amide bonds. The van der Waals surface area contributed by atoms with Crippen LogP contribution < -0.4 is 5.32 Å². The fourth-order valence-electron chi connectivity index (χ4n) is 2.06. The Labute approximate surface area is 126 Å². The summed E-state index contributed by atoms with van der Waals surface area (Å²) in [4.78, 5) is 0. The van der Waals surface area contributed by atoms with E-state index in [2.05, 4.69) is 5.32 Å². The van der Waals surface area contributed by atoms with Crippen molar-refractivity contribution in [2.24, 2.45) is 0 Å². The summed E-state index contributed by atoms with van der Waals surface area (Å²) in [6, 6.07) is 12.8. The van der Waals surface area contributed by atoms with Crippen LogP contribution in [-0.2, 0) is 12.7 Å². The number of para-hydroxylation sites is 1. The number of halogens is 4. The highest BCUT2D eigenvalue weighted by Gasteiger charge is 2.30. The van der Waals surface area contributed by atoms with Gasteiger partial charge in [0.1, 0.15) is 0 Å². The second kappa shape index (κ2) is 6.39. The summed E-state index contributed by atoms with van der Waals surface area (Å²) in [5.41, 5.74) is 1.69. The molecule has 0 saturated heterocycles. The van der Waals surface area contributed by atoms with E-state index in [9.17, 15) is 13.2 Å². The van der Waals surface area contributed by atoms with Crippen molar-refractivity contribution in [3.05, 3.63) is 65.2 Å². The molecule has 0 aliphatic carbocycles. The van der Waals surface area contributed by atoms with Crippen LogP contribution in [0, 0.1) is 0 Å². The summed E-state index contributed by atoms with van der Waals surface area (Å²) in [5.74, 6) is 0. The highest BCUT2D eigenvalue weighted by molar-refractivity contribution is 6.21. The molecule has 5 heteroatoms. The van der Waals surface area contributed by atoms with E-state index in [0.717, 1.165) is 23.4 Å². The molecule has 2 aromatic rings. The Hall–Kier alpha value is -1.68. The van der Waals surface area contributed by atoms with E-state index >= 15 is 0 Å². The van der Waals surface area contributed by atoms with Crippen LogP contribution >= 0.6 is 11.6 Å². The Bertz CT molecular complexity index is 608. The number of hydrogen-bond donors (Lipinski definition) is 1. The van der Waals surface area contributed by atoms with Gasteiger partial charge in [0.2, 0.25) is 0 Å². The number of hydrogen-bond acceptors (Lipinski definition) is 1. The summed E-state index contributed by atoms with van der Waals surface area (Å²) in [6.45, 7) is 2.16. The van der Waals surface area contributed by atoms with Crippen LogP contribution in [0.3, 0.4) is 0 Å². The Balaban J connectivity index is 2.14. The third-order valence-electron chi connectivity index (χ3n) is 3.13. The van der Waals surface area contributed by atoms with Gasteiger partial charge >= 0.3 is 6.18 Å². The number of alkyl halides is 4. The first-order valence-electron chi connectivity index (χ1n) is 6.51. The van der Waals surface area contributed by atoms with Crippen LogP contribution in [0.25, 0.3) is 0 Å². The summed E-state index contributed by atoms with van der Waals surface area (Å²) in [7, 11) is 0. The van der Waals surface area contributed by atoms with Crippen LogP contribution in [0.5, 0.6) is 0 Å². The van der Waals surface area contributed by atoms with Gasteiger partial charge in [-0.1, -0.05) is 30.3 Å². The number of benzene rings is 2. The molecule has 0 radical (unpaired) electrons. The summed E-state index contributed by atoms with van der Waals surface area (Å²) in [6.07, 6.45) is -4.32. The molecular weight excluding hydrogens is 299 g/mol. The summed E-state index contributed by atoms with van der Waals surface area (Å²) >= 11 is 6.09. The third kappa shape index (κ3) is 4.14. The maximum Gasteiger partial charge on any atom is 0.416 e. The van der Waals surface area contributed by atoms with Gasteiger partial charge in [0, 0.05) is 12.2 Å². The van der Waals surface area contributed by atoms with Crippen LogP contribution in [0.2, 0.25) is 0 Å². The summed E-state index contributed by atoms with van der Waals surface area (Å²) in [5, 5.41) is 2.97. The monoisotopic (exact) mass is 313 g/mol. The molecule has 21 heavy (non-hydrogen) atoms. The molecule has 112 valence electrons. The van der Waals surface area contributed by atoms with Gasteiger partial charge < -0.3 is 5.32 Å². The highest BCUT2D eigenvalue weighted by Crippen LogP contribution is 2.30. The SMILES string of the molecule is CC(Cl)c1ccccc1NCc1cccc(C(F)(F)F)c1. The first kappa shape index (κ1) is 15.7. The lowest BCUT2D eigenvalue weighted by Gasteiger charge is -2.14. The van der Waals surface area contributed by atoms with Crippen molar-refractivity contribution in [2.75, 3.05) is 5.32 Å². The predicted octanol–water partition coefficient (Wildman–Crippen LogP) is 5.62. The lowest BCUT2D eigenvalue weighted by atomic mass is 10.1. The zero-order valence-corrected chi connectivity index (χ0v) is 12.2. The normalized spacial score (nSPS) is 13.0. The van der Waals surface area contributed by atoms with E-state index in [1.54, 1.807) is 6.07 Å². The molecule has 0 aliphatic heterocycles. The van der Waals surface area contributed by atoms with Gasteiger partial charge in [-0.2, -0.15) is 13.2 Å². The van der Waals surface area contributed by atoms with E-state index in [0.29, 0.717) is 12.1 Å². The fraction of sp³-hybridized carbons (Fsp3) is 0.250. The quantitative estimate of drug-likeness (QED) is 0.723. The third-order valence-corrected chi connectivity index (χ3v) is 3.36. The largest absolute Gasteiger partial charge is 0.416 e. The second-order valence-electron chi connectivity index (χ2n) is 4.75. The predicted molar refractivity (Wildman–Crippen MR) is 79.5 cm³/mol. The zero-order chi connectivity index (χ0) is 15.5. The van der Waals surface area contributed by atoms with E-state index < -0.39 is 11.7 Å². The van der Waals surface area contributed by atoms with Gasteiger partial charge in [-0.3, -0.25) is 0 Å². The molecular formula is C16H15ClF3N. The number of anilines is 1. The van der Waals surface area contributed by atoms with E-state index in [1.165, 1.54) is 6.07 Å². The Morgan fingerprint density at radius 2 is 1.81 bits per heavy atom. The molecule has 0 fully saturated rings. The standard InChI is InChI=1S/C16H15ClF3N/c1-11(17)14-7-2-3-8-15(14)21-10-12-5-4-6-13(9-12)16(18,19)20/h2-9,11,21H,10H2,1H3. The van der Waals surface area contributed by atoms with Crippen molar-refractivity contribution in [1.82, 2.24) is 0 Å². The molecule has 2 rings (SSSR count). The molecule has 1 nitrogen and oxygen atoms in total. The van der Waals surface area contributed by atoms with E-state index in [-0.39, 0.29) is 5.38 Å². The molecule has 1 unspecified atom stereocenters. The first-order valence-corrected chi connectivity index (χ1v) is 6.94. The maximum absolute atomic E-state index is 12.7. The van der Waals surface area contributed by atoms with Crippen LogP contribution in [0.15, 0.2) is 48.5 Å². The van der Waals surface area contributed by atoms with Crippen molar-refractivity contribution in [3.8, 4) is 0 Å². The molecule has 0 spiro atoms. The molecule has 0 saturated carbocycles. The summed E-state index contributed by atoms with van der Waals surface area (Å²) < 4.78 is 38.0. The number of nitrogens with one attached hydrogen (secondary N) is 1. The molecule has 0 aromatic heterocycles. The van der Waals surface area contributed by atoms with Gasteiger partial charge in [-0.05, 0) is 36.2 Å².